The molecule has 0 aromatic rings. The van der Waals surface area contributed by atoms with E-state index >= 15 is 0 Å². The van der Waals surface area contributed by atoms with Gasteiger partial charge in [-0.3, -0.25) is 14.9 Å². The summed E-state index contributed by atoms with van der Waals surface area (Å²) >= 11 is 0. The van der Waals surface area contributed by atoms with Crippen LogP contribution in [0.15, 0.2) is 0 Å². The Morgan fingerprint density at radius 3 is 2.60 bits per heavy atom. The smallest absolute Gasteiger partial charge is 0.326 e. The Kier molecular flexibility index (Phi) is 4.59. The van der Waals surface area contributed by atoms with Crippen molar-refractivity contribution in [3.63, 3.8) is 0 Å². The highest BCUT2D eigenvalue weighted by Gasteiger charge is 2.41. The molecule has 0 spiro atoms. The lowest BCUT2D eigenvalue weighted by molar-refractivity contribution is -0.149. The van der Waals surface area contributed by atoms with Crippen LogP contribution in [0.2, 0.25) is 0 Å². The molecule has 0 bridgehead atoms. The van der Waals surface area contributed by atoms with E-state index in [0.29, 0.717) is 38.8 Å². The highest BCUT2D eigenvalue weighted by Crippen LogP contribution is 2.22. The van der Waals surface area contributed by atoms with Crippen molar-refractivity contribution in [1.82, 2.24) is 10.2 Å². The quantitative estimate of drug-likeness (QED) is 0.691. The average Bonchev–Trinajstić information content (AvgIpc) is 3.07. The number of nitrogens with one attached hydrogen (secondary N) is 1. The highest BCUT2D eigenvalue weighted by molar-refractivity contribution is 5.89. The van der Waals surface area contributed by atoms with Crippen molar-refractivity contribution < 1.29 is 24.2 Å². The van der Waals surface area contributed by atoms with E-state index in [-0.39, 0.29) is 11.9 Å². The average molecular weight is 284 g/mol. The second-order valence-corrected chi connectivity index (χ2v) is 5.13. The molecule has 2 fully saturated rings. The third-order valence-corrected chi connectivity index (χ3v) is 3.84. The van der Waals surface area contributed by atoms with Crippen LogP contribution in [0.1, 0.15) is 32.6 Å². The van der Waals surface area contributed by atoms with E-state index in [1.165, 1.54) is 4.90 Å². The number of carbonyl (C=O) groups excluding carboxylic acids is 2. The molecule has 0 saturated carbocycles. The van der Waals surface area contributed by atoms with Crippen molar-refractivity contribution in [2.45, 2.75) is 50.7 Å². The van der Waals surface area contributed by atoms with Gasteiger partial charge in [-0.15, -0.1) is 0 Å². The lowest BCUT2D eigenvalue weighted by Gasteiger charge is -2.25. The highest BCUT2D eigenvalue weighted by atomic mass is 16.5. The van der Waals surface area contributed by atoms with Crippen LogP contribution < -0.4 is 5.32 Å². The Hall–Kier alpha value is -1.63. The molecule has 0 aromatic heterocycles. The minimum absolute atomic E-state index is 0.221. The molecular weight excluding hydrogens is 264 g/mol. The monoisotopic (exact) mass is 284 g/mol. The summed E-state index contributed by atoms with van der Waals surface area (Å²) in [6, 6.07) is -1.68. The van der Waals surface area contributed by atoms with Crippen molar-refractivity contribution in [3.05, 3.63) is 0 Å². The van der Waals surface area contributed by atoms with Crippen LogP contribution in [-0.4, -0.2) is 59.1 Å². The first-order valence-corrected chi connectivity index (χ1v) is 7.00. The number of nitrogens with zero attached hydrogens (tertiary/aromatic N) is 1. The Morgan fingerprint density at radius 1 is 1.25 bits per heavy atom. The molecule has 0 radical (unpaired) electrons. The van der Waals surface area contributed by atoms with Crippen LogP contribution in [0.4, 0.5) is 0 Å². The molecule has 0 aliphatic carbocycles. The Labute approximate surface area is 117 Å². The first kappa shape index (κ1) is 14.8. The summed E-state index contributed by atoms with van der Waals surface area (Å²) in [5.41, 5.74) is 0. The zero-order chi connectivity index (χ0) is 14.7. The molecule has 3 unspecified atom stereocenters. The minimum atomic E-state index is -0.962. The number of hydrogen-bond acceptors (Lipinski definition) is 5. The fraction of sp³-hybridized carbons (Fsp3) is 0.769. The summed E-state index contributed by atoms with van der Waals surface area (Å²) in [4.78, 5) is 36.5. The zero-order valence-corrected chi connectivity index (χ0v) is 11.5. The van der Waals surface area contributed by atoms with Gasteiger partial charge < -0.3 is 14.7 Å². The number of hydrogen-bond donors (Lipinski definition) is 2. The number of ether oxygens (including phenoxy) is 1. The van der Waals surface area contributed by atoms with Gasteiger partial charge in [0, 0.05) is 6.54 Å². The number of carbonyl (C=O) groups is 3. The predicted octanol–water partition coefficient (Wildman–Crippen LogP) is -0.254. The van der Waals surface area contributed by atoms with Gasteiger partial charge in [-0.25, -0.2) is 4.79 Å². The van der Waals surface area contributed by atoms with E-state index in [1.54, 1.807) is 6.92 Å². The number of rotatable bonds is 4. The maximum atomic E-state index is 12.3. The molecule has 2 saturated heterocycles. The van der Waals surface area contributed by atoms with E-state index in [2.05, 4.69) is 5.32 Å². The standard InChI is InChI=1S/C13H20N2O5/c1-2-20-13(19)9-6-5-8(14-9)11(16)15-7-3-4-10(15)12(17)18/h8-10,14H,2-7H2,1H3,(H,17,18). The number of aliphatic carboxylic acids is 1. The topological polar surface area (TPSA) is 95.9 Å². The molecule has 2 heterocycles. The first-order chi connectivity index (χ1) is 9.54. The maximum absolute atomic E-state index is 12.3. The number of carboxylic acid groups (broad SMARTS) is 1. The fourth-order valence-electron chi connectivity index (χ4n) is 2.85. The molecular formula is C13H20N2O5. The second-order valence-electron chi connectivity index (χ2n) is 5.13. The van der Waals surface area contributed by atoms with Gasteiger partial charge in [-0.05, 0) is 32.6 Å². The summed E-state index contributed by atoms with van der Waals surface area (Å²) in [5, 5.41) is 12.1. The van der Waals surface area contributed by atoms with Crippen LogP contribution in [0.3, 0.4) is 0 Å². The lowest BCUT2D eigenvalue weighted by atomic mass is 10.1. The zero-order valence-electron chi connectivity index (χ0n) is 11.5. The van der Waals surface area contributed by atoms with E-state index in [4.69, 9.17) is 9.84 Å². The predicted molar refractivity (Wildman–Crippen MR) is 68.9 cm³/mol. The van der Waals surface area contributed by atoms with E-state index in [0.717, 1.165) is 0 Å². The minimum Gasteiger partial charge on any atom is -0.480 e. The lowest BCUT2D eigenvalue weighted by Crippen LogP contribution is -2.50. The molecule has 112 valence electrons. The van der Waals surface area contributed by atoms with Crippen molar-refractivity contribution in [1.29, 1.82) is 0 Å². The van der Waals surface area contributed by atoms with E-state index < -0.39 is 24.1 Å². The summed E-state index contributed by atoms with van der Waals surface area (Å²) in [5.74, 6) is -1.53. The largest absolute Gasteiger partial charge is 0.480 e. The molecule has 2 aliphatic rings. The number of carboxylic acids is 1. The summed E-state index contributed by atoms with van der Waals surface area (Å²) in [6.45, 7) is 2.51. The third-order valence-electron chi connectivity index (χ3n) is 3.84. The molecule has 0 aromatic carbocycles. The van der Waals surface area contributed by atoms with Gasteiger partial charge in [-0.2, -0.15) is 0 Å². The van der Waals surface area contributed by atoms with Gasteiger partial charge in [0.25, 0.3) is 0 Å². The Balaban J connectivity index is 1.94. The molecule has 1 amide bonds. The van der Waals surface area contributed by atoms with Crippen LogP contribution in [0.25, 0.3) is 0 Å². The van der Waals surface area contributed by atoms with Crippen LogP contribution in [-0.2, 0) is 19.1 Å². The molecule has 2 aliphatic heterocycles. The van der Waals surface area contributed by atoms with Crippen molar-refractivity contribution in [2.75, 3.05) is 13.2 Å². The molecule has 3 atom stereocenters. The Morgan fingerprint density at radius 2 is 1.95 bits per heavy atom. The second kappa shape index (κ2) is 6.21. The van der Waals surface area contributed by atoms with Gasteiger partial charge in [0.05, 0.1) is 12.6 Å². The van der Waals surface area contributed by atoms with Crippen LogP contribution in [0.5, 0.6) is 0 Å². The van der Waals surface area contributed by atoms with E-state index in [9.17, 15) is 14.4 Å². The van der Waals surface area contributed by atoms with Gasteiger partial charge in [0.15, 0.2) is 0 Å². The molecule has 7 nitrogen and oxygen atoms in total. The van der Waals surface area contributed by atoms with Gasteiger partial charge in [0.1, 0.15) is 12.1 Å². The number of amides is 1. The molecule has 20 heavy (non-hydrogen) atoms. The third kappa shape index (κ3) is 2.92. The summed E-state index contributed by atoms with van der Waals surface area (Å²) in [6.07, 6.45) is 2.28. The van der Waals surface area contributed by atoms with Crippen LogP contribution >= 0.6 is 0 Å². The summed E-state index contributed by atoms with van der Waals surface area (Å²) < 4.78 is 4.92. The van der Waals surface area contributed by atoms with Gasteiger partial charge in [-0.1, -0.05) is 0 Å². The van der Waals surface area contributed by atoms with E-state index in [1.807, 2.05) is 0 Å². The molecule has 2 rings (SSSR count). The van der Waals surface area contributed by atoms with Crippen molar-refractivity contribution in [3.8, 4) is 0 Å². The van der Waals surface area contributed by atoms with Crippen molar-refractivity contribution >= 4 is 17.8 Å². The molecule has 2 N–H and O–H groups in total. The fourth-order valence-corrected chi connectivity index (χ4v) is 2.85. The first-order valence-electron chi connectivity index (χ1n) is 7.00. The molecule has 7 heteroatoms. The van der Waals surface area contributed by atoms with Gasteiger partial charge >= 0.3 is 11.9 Å². The maximum Gasteiger partial charge on any atom is 0.326 e. The van der Waals surface area contributed by atoms with Crippen molar-refractivity contribution in [2.24, 2.45) is 0 Å². The number of esters is 1. The SMILES string of the molecule is CCOC(=O)C1CCC(C(=O)N2CCCC2C(=O)O)N1. The number of likely N-dealkylation sites (tertiary alicyclic amines) is 1. The van der Waals surface area contributed by atoms with Gasteiger partial charge in [0.2, 0.25) is 5.91 Å². The Bertz CT molecular complexity index is 412. The summed E-state index contributed by atoms with van der Waals surface area (Å²) in [7, 11) is 0. The normalized spacial score (nSPS) is 29.4. The van der Waals surface area contributed by atoms with Crippen LogP contribution in [0, 0.1) is 0 Å².